The van der Waals surface area contributed by atoms with Crippen LogP contribution < -0.4 is 0 Å². The molecule has 0 aromatic rings. The van der Waals surface area contributed by atoms with E-state index in [9.17, 15) is 0 Å². The summed E-state index contributed by atoms with van der Waals surface area (Å²) in [5.74, 6) is 0.953. The van der Waals surface area contributed by atoms with Gasteiger partial charge in [-0.15, -0.1) is 6.82 Å². The maximum atomic E-state index is 4.28. The molecule has 0 aliphatic heterocycles. The Balaban J connectivity index is -0.000000122. The molecule has 0 N–H and O–H groups in total. The summed E-state index contributed by atoms with van der Waals surface area (Å²) >= 11 is 2.60. The van der Waals surface area contributed by atoms with Gasteiger partial charge in [0.05, 0.1) is 0 Å². The molecule has 1 aliphatic rings. The molecule has 6 heteroatoms. The zero-order valence-corrected chi connectivity index (χ0v) is 17.5. The molecule has 0 amide bonds. The molecule has 1 saturated carbocycles. The molecule has 1 rings (SSSR count). The van der Waals surface area contributed by atoms with Crippen LogP contribution in [0.4, 0.5) is 0 Å². The van der Waals surface area contributed by atoms with Crippen LogP contribution in [-0.4, -0.2) is 46.0 Å². The Hall–Kier alpha value is 1.39. The van der Waals surface area contributed by atoms with Gasteiger partial charge in [0.15, 0.2) is 0 Å². The van der Waals surface area contributed by atoms with Crippen molar-refractivity contribution in [2.45, 2.75) is 36.3 Å². The largest absolute Gasteiger partial charge is 4.00 e. The second-order valence-electron chi connectivity index (χ2n) is 4.44. The Labute approximate surface area is 151 Å². The fraction of sp³-hybridized carbons (Fsp3) is 0.923. The third-order valence-corrected chi connectivity index (χ3v) is 4.29. The maximum Gasteiger partial charge on any atom is 4.00 e. The molecule has 0 saturated heterocycles. The topological polar surface area (TPSA) is 42.3 Å². The van der Waals surface area contributed by atoms with Gasteiger partial charge in [0, 0.05) is 10.8 Å². The predicted molar refractivity (Wildman–Crippen MR) is 97.7 cm³/mol. The van der Waals surface area contributed by atoms with E-state index in [2.05, 4.69) is 45.3 Å². The number of hydrogen-bond acceptors (Lipinski definition) is 0. The van der Waals surface area contributed by atoms with Crippen LogP contribution in [0.25, 0.3) is 15.9 Å². The first kappa shape index (κ1) is 28.5. The molecule has 0 aromatic heterocycles. The number of alkyl halides is 1. The number of rotatable bonds is 3. The van der Waals surface area contributed by atoms with Crippen LogP contribution in [0.3, 0.4) is 0 Å². The van der Waals surface area contributed by atoms with Gasteiger partial charge in [0.2, 0.25) is 0 Å². The summed E-state index contributed by atoms with van der Waals surface area (Å²) in [5.41, 5.74) is 0. The van der Waals surface area contributed by atoms with E-state index in [1.807, 2.05) is 7.05 Å². The van der Waals surface area contributed by atoms with E-state index in [4.69, 9.17) is 0 Å². The summed E-state index contributed by atoms with van der Waals surface area (Å²) in [6, 6.07) is 0. The Morgan fingerprint density at radius 1 is 1.05 bits per heavy atom. The first-order valence-corrected chi connectivity index (χ1v) is 7.50. The van der Waals surface area contributed by atoms with Crippen molar-refractivity contribution in [1.29, 1.82) is 0 Å². The van der Waals surface area contributed by atoms with Gasteiger partial charge < -0.3 is 23.3 Å². The van der Waals surface area contributed by atoms with Gasteiger partial charge in [-0.2, -0.15) is 35.2 Å². The van der Waals surface area contributed by atoms with E-state index < -0.39 is 0 Å². The molecule has 0 spiro atoms. The van der Waals surface area contributed by atoms with Crippen LogP contribution in [0.2, 0.25) is 13.1 Å². The van der Waals surface area contributed by atoms with E-state index >= 15 is 0 Å². The minimum absolute atomic E-state index is 0. The SMILES string of the molecule is C[N-]B(C)C[C@@H]1CCCC1I.C[N-]C.C[N-]C.[CH3-].[Ti+4]. The van der Waals surface area contributed by atoms with Crippen LogP contribution in [0.15, 0.2) is 0 Å². The molecule has 0 radical (unpaired) electrons. The van der Waals surface area contributed by atoms with Crippen LogP contribution in [-0.2, 0) is 21.7 Å². The van der Waals surface area contributed by atoms with Gasteiger partial charge >= 0.3 is 21.7 Å². The van der Waals surface area contributed by atoms with E-state index in [1.54, 1.807) is 28.2 Å². The third-order valence-electron chi connectivity index (χ3n) is 2.65. The zero-order valence-electron chi connectivity index (χ0n) is 13.8. The Morgan fingerprint density at radius 2 is 1.47 bits per heavy atom. The van der Waals surface area contributed by atoms with Crippen molar-refractivity contribution in [1.82, 2.24) is 0 Å². The summed E-state index contributed by atoms with van der Waals surface area (Å²) in [6.07, 6.45) is 5.62. The molecule has 1 fully saturated rings. The van der Waals surface area contributed by atoms with Crippen LogP contribution in [0, 0.1) is 13.3 Å². The van der Waals surface area contributed by atoms with Crippen molar-refractivity contribution < 1.29 is 21.7 Å². The average Bonchev–Trinajstić information content (AvgIpc) is 2.66. The van der Waals surface area contributed by atoms with Gasteiger partial charge in [0.25, 0.3) is 0 Å². The van der Waals surface area contributed by atoms with E-state index in [1.165, 1.54) is 25.6 Å². The zero-order chi connectivity index (χ0) is 13.7. The molecule has 19 heavy (non-hydrogen) atoms. The van der Waals surface area contributed by atoms with E-state index in [0.717, 1.165) is 9.84 Å². The van der Waals surface area contributed by atoms with E-state index in [-0.39, 0.29) is 29.1 Å². The quantitative estimate of drug-likeness (QED) is 0.273. The van der Waals surface area contributed by atoms with Gasteiger partial charge in [0.1, 0.15) is 0 Å². The molecule has 3 nitrogen and oxygen atoms in total. The van der Waals surface area contributed by atoms with Crippen molar-refractivity contribution in [3.8, 4) is 0 Å². The molecular weight excluding hydrogens is 384 g/mol. The summed E-state index contributed by atoms with van der Waals surface area (Å²) in [4.78, 5) is 0. The van der Waals surface area contributed by atoms with E-state index in [0.29, 0.717) is 6.85 Å². The first-order valence-electron chi connectivity index (χ1n) is 6.26. The van der Waals surface area contributed by atoms with Crippen molar-refractivity contribution in [2.24, 2.45) is 5.92 Å². The summed E-state index contributed by atoms with van der Waals surface area (Å²) in [5, 5.41) is 11.3. The Bertz CT molecular complexity index is 154. The summed E-state index contributed by atoms with van der Waals surface area (Å²) < 4.78 is 0.928. The smallest absolute Gasteiger partial charge is 0.689 e. The van der Waals surface area contributed by atoms with Crippen LogP contribution in [0.5, 0.6) is 0 Å². The number of hydrogen-bond donors (Lipinski definition) is 0. The Kier molecular flexibility index (Phi) is 32.6. The van der Waals surface area contributed by atoms with Gasteiger partial charge in [-0.05, 0) is 12.3 Å². The van der Waals surface area contributed by atoms with Crippen LogP contribution in [0.1, 0.15) is 19.3 Å². The van der Waals surface area contributed by atoms with Crippen molar-refractivity contribution >= 4 is 29.4 Å². The van der Waals surface area contributed by atoms with Crippen molar-refractivity contribution in [3.05, 3.63) is 23.3 Å². The Morgan fingerprint density at radius 3 is 1.74 bits per heavy atom. The van der Waals surface area contributed by atoms with Gasteiger partial charge in [-0.25, -0.2) is 0 Å². The number of nitrogens with zero attached hydrogens (tertiary/aromatic N) is 3. The molecular formula is C13H31BIN3Ti. The summed E-state index contributed by atoms with van der Waals surface area (Å²) in [7, 11) is 8.93. The second-order valence-corrected chi connectivity index (χ2v) is 6.04. The average molecular weight is 415 g/mol. The molecule has 1 unspecified atom stereocenters. The standard InChI is InChI=1S/C8H16BIN.2C2H6N.CH3.Ti/c1-9(11-2)6-7-4-3-5-8(7)10;2*1-3-2;;/h7-8H,3-6H2,1-2H3;2*1-2H3;1H3;/q4*-1;+4/t7-,8?;;;;/m0..../s1. The maximum absolute atomic E-state index is 4.28. The van der Waals surface area contributed by atoms with Crippen molar-refractivity contribution in [3.63, 3.8) is 0 Å². The molecule has 1 aliphatic carbocycles. The van der Waals surface area contributed by atoms with Crippen LogP contribution >= 0.6 is 22.6 Å². The molecule has 2 atom stereocenters. The molecule has 112 valence electrons. The fourth-order valence-electron chi connectivity index (χ4n) is 1.80. The second kappa shape index (κ2) is 21.7. The molecule has 0 aromatic carbocycles. The predicted octanol–water partition coefficient (Wildman–Crippen LogP) is 4.90. The summed E-state index contributed by atoms with van der Waals surface area (Å²) in [6.45, 7) is 2.80. The van der Waals surface area contributed by atoms with Gasteiger partial charge in [-0.3, -0.25) is 0 Å². The monoisotopic (exact) mass is 415 g/mol. The minimum Gasteiger partial charge on any atom is -0.689 e. The first-order chi connectivity index (χ1) is 8.06. The number of halogens is 1. The molecule has 0 heterocycles. The third kappa shape index (κ3) is 19.4. The van der Waals surface area contributed by atoms with Crippen molar-refractivity contribution in [2.75, 3.05) is 35.2 Å². The molecule has 0 bridgehead atoms. The van der Waals surface area contributed by atoms with Gasteiger partial charge in [-0.1, -0.05) is 41.8 Å². The normalized spacial score (nSPS) is 19.7. The fourth-order valence-corrected chi connectivity index (χ4v) is 2.89. The minimum atomic E-state index is 0.